The number of amidine groups is 1. The first-order chi connectivity index (χ1) is 13.4. The fraction of sp³-hybridized carbons (Fsp3) is 0.316. The van der Waals surface area contributed by atoms with Crippen LogP contribution in [0.4, 0.5) is 10.1 Å². The molecule has 5 nitrogen and oxygen atoms in total. The van der Waals surface area contributed by atoms with E-state index in [9.17, 15) is 12.8 Å². The van der Waals surface area contributed by atoms with Crippen molar-refractivity contribution >= 4 is 44.1 Å². The van der Waals surface area contributed by atoms with E-state index in [1.807, 2.05) is 29.2 Å². The number of rotatable bonds is 4. The fourth-order valence-electron chi connectivity index (χ4n) is 3.34. The van der Waals surface area contributed by atoms with Crippen molar-refractivity contribution in [1.29, 1.82) is 0 Å². The molecule has 0 saturated carbocycles. The zero-order chi connectivity index (χ0) is 19.9. The number of hydrogen-bond acceptors (Lipinski definition) is 6. The first-order valence-corrected chi connectivity index (χ1v) is 11.7. The molecule has 0 aromatic heterocycles. The minimum Gasteiger partial charge on any atom is -0.497 e. The number of halogens is 2. The van der Waals surface area contributed by atoms with Crippen molar-refractivity contribution in [2.24, 2.45) is 4.99 Å². The lowest BCUT2D eigenvalue weighted by Crippen LogP contribution is -2.28. The molecule has 1 fully saturated rings. The first kappa shape index (κ1) is 19.5. The lowest BCUT2D eigenvalue weighted by atomic mass is 10.2. The summed E-state index contributed by atoms with van der Waals surface area (Å²) in [5, 5.41) is 0.913. The van der Waals surface area contributed by atoms with Crippen molar-refractivity contribution < 1.29 is 17.5 Å². The van der Waals surface area contributed by atoms with Gasteiger partial charge in [0.25, 0.3) is 0 Å². The predicted octanol–water partition coefficient (Wildman–Crippen LogP) is 3.76. The van der Waals surface area contributed by atoms with E-state index in [-0.39, 0.29) is 29.3 Å². The summed E-state index contributed by atoms with van der Waals surface area (Å²) < 4.78 is 43.3. The molecule has 148 valence electrons. The summed E-state index contributed by atoms with van der Waals surface area (Å²) in [5.41, 5.74) is 1.17. The van der Waals surface area contributed by atoms with Crippen molar-refractivity contribution in [2.45, 2.75) is 17.8 Å². The number of anilines is 1. The highest BCUT2D eigenvalue weighted by molar-refractivity contribution is 8.15. The molecule has 4 rings (SSSR count). The molecule has 0 spiro atoms. The van der Waals surface area contributed by atoms with Gasteiger partial charge in [-0.25, -0.2) is 12.8 Å². The largest absolute Gasteiger partial charge is 0.497 e. The molecule has 0 radical (unpaired) electrons. The van der Waals surface area contributed by atoms with Gasteiger partial charge < -0.3 is 9.64 Å². The van der Waals surface area contributed by atoms with Gasteiger partial charge in [0, 0.05) is 21.5 Å². The summed E-state index contributed by atoms with van der Waals surface area (Å²) in [6, 6.07) is 11.7. The summed E-state index contributed by atoms with van der Waals surface area (Å²) in [7, 11) is -1.46. The topological polar surface area (TPSA) is 59.0 Å². The Bertz CT molecular complexity index is 1010. The van der Waals surface area contributed by atoms with Crippen LogP contribution in [0.25, 0.3) is 0 Å². The molecule has 2 aliphatic rings. The third kappa shape index (κ3) is 3.86. The Kier molecular flexibility index (Phi) is 5.28. The SMILES string of the molecule is COc1ccc(N(Cc2c(F)cccc2Cl)C2=N[C@@H]3CS(=O)(=O)C[C@H]3S2)cc1. The highest BCUT2D eigenvalue weighted by Gasteiger charge is 2.44. The number of aliphatic imine (C=N–C) groups is 1. The zero-order valence-corrected chi connectivity index (χ0v) is 17.4. The minimum atomic E-state index is -3.04. The second-order valence-electron chi connectivity index (χ2n) is 6.70. The smallest absolute Gasteiger partial charge is 0.164 e. The van der Waals surface area contributed by atoms with Crippen LogP contribution < -0.4 is 9.64 Å². The molecule has 2 heterocycles. The number of ether oxygens (including phenoxy) is 1. The predicted molar refractivity (Wildman–Crippen MR) is 112 cm³/mol. The van der Waals surface area contributed by atoms with Crippen LogP contribution in [0.2, 0.25) is 5.02 Å². The summed E-state index contributed by atoms with van der Waals surface area (Å²) in [5.74, 6) is 0.492. The highest BCUT2D eigenvalue weighted by atomic mass is 35.5. The van der Waals surface area contributed by atoms with E-state index >= 15 is 0 Å². The quantitative estimate of drug-likeness (QED) is 0.724. The van der Waals surface area contributed by atoms with Crippen LogP contribution in [0.5, 0.6) is 5.75 Å². The first-order valence-electron chi connectivity index (χ1n) is 8.65. The van der Waals surface area contributed by atoms with Gasteiger partial charge >= 0.3 is 0 Å². The van der Waals surface area contributed by atoms with Gasteiger partial charge in [0.2, 0.25) is 0 Å². The van der Waals surface area contributed by atoms with E-state index < -0.39 is 15.7 Å². The molecular formula is C19H18ClFN2O3S2. The highest BCUT2D eigenvalue weighted by Crippen LogP contribution is 2.38. The van der Waals surface area contributed by atoms with Gasteiger partial charge in [-0.15, -0.1) is 0 Å². The van der Waals surface area contributed by atoms with E-state index in [4.69, 9.17) is 16.3 Å². The Hall–Kier alpha value is -1.77. The third-order valence-corrected chi connectivity index (χ3v) is 8.40. The Balaban J connectivity index is 1.70. The van der Waals surface area contributed by atoms with Crippen LogP contribution in [-0.2, 0) is 16.4 Å². The molecule has 0 amide bonds. The third-order valence-electron chi connectivity index (χ3n) is 4.80. The fourth-order valence-corrected chi connectivity index (χ4v) is 7.35. The molecule has 2 aromatic rings. The number of methoxy groups -OCH3 is 1. The zero-order valence-electron chi connectivity index (χ0n) is 15.0. The summed E-state index contributed by atoms with van der Waals surface area (Å²) in [6.45, 7) is 0.190. The number of fused-ring (bicyclic) bond motifs is 1. The average Bonchev–Trinajstić information content (AvgIpc) is 3.15. The monoisotopic (exact) mass is 440 g/mol. The molecule has 2 aliphatic heterocycles. The molecule has 0 unspecified atom stereocenters. The van der Waals surface area contributed by atoms with E-state index in [0.29, 0.717) is 21.5 Å². The van der Waals surface area contributed by atoms with Crippen molar-refractivity contribution in [1.82, 2.24) is 0 Å². The van der Waals surface area contributed by atoms with Crippen LogP contribution >= 0.6 is 23.4 Å². The summed E-state index contributed by atoms with van der Waals surface area (Å²) >= 11 is 7.66. The van der Waals surface area contributed by atoms with Gasteiger partial charge in [0.05, 0.1) is 31.2 Å². The van der Waals surface area contributed by atoms with E-state index in [1.165, 1.54) is 17.8 Å². The van der Waals surface area contributed by atoms with E-state index in [1.54, 1.807) is 19.2 Å². The molecule has 0 bridgehead atoms. The summed E-state index contributed by atoms with van der Waals surface area (Å²) in [6.07, 6.45) is 0. The molecular weight excluding hydrogens is 423 g/mol. The Morgan fingerprint density at radius 3 is 2.64 bits per heavy atom. The number of hydrogen-bond donors (Lipinski definition) is 0. The lowest BCUT2D eigenvalue weighted by Gasteiger charge is -2.25. The van der Waals surface area contributed by atoms with Gasteiger partial charge in [0.15, 0.2) is 15.0 Å². The van der Waals surface area contributed by atoms with Gasteiger partial charge in [0.1, 0.15) is 11.6 Å². The van der Waals surface area contributed by atoms with Gasteiger partial charge in [-0.3, -0.25) is 4.99 Å². The van der Waals surface area contributed by atoms with Crippen molar-refractivity contribution in [3.05, 3.63) is 58.9 Å². The Morgan fingerprint density at radius 1 is 1.25 bits per heavy atom. The summed E-state index contributed by atoms with van der Waals surface area (Å²) in [4.78, 5) is 6.52. The van der Waals surface area contributed by atoms with E-state index in [2.05, 4.69) is 4.99 Å². The second-order valence-corrected chi connectivity index (χ2v) is 10.5. The standard InChI is InChI=1S/C19H18ClFN2O3S2/c1-26-13-7-5-12(6-8-13)23(9-14-15(20)3-2-4-16(14)21)19-22-17-10-28(24,25)11-18(17)27-19/h2-8,17-18H,9-11H2,1H3/t17-,18-/m1/s1. The van der Waals surface area contributed by atoms with Crippen LogP contribution in [0.1, 0.15) is 5.56 Å². The molecule has 28 heavy (non-hydrogen) atoms. The van der Waals surface area contributed by atoms with Crippen LogP contribution in [0, 0.1) is 5.82 Å². The van der Waals surface area contributed by atoms with E-state index in [0.717, 1.165) is 5.69 Å². The van der Waals surface area contributed by atoms with Gasteiger partial charge in [-0.2, -0.15) is 0 Å². The second kappa shape index (κ2) is 7.57. The number of thioether (sulfide) groups is 1. The van der Waals surface area contributed by atoms with Crippen LogP contribution in [0.15, 0.2) is 47.5 Å². The lowest BCUT2D eigenvalue weighted by molar-refractivity contribution is 0.415. The van der Waals surface area contributed by atoms with Crippen LogP contribution in [0.3, 0.4) is 0 Å². The van der Waals surface area contributed by atoms with Crippen LogP contribution in [-0.4, -0.2) is 43.5 Å². The Morgan fingerprint density at radius 2 is 2.00 bits per heavy atom. The number of benzene rings is 2. The van der Waals surface area contributed by atoms with Crippen molar-refractivity contribution in [2.75, 3.05) is 23.5 Å². The number of nitrogens with zero attached hydrogens (tertiary/aromatic N) is 2. The van der Waals surface area contributed by atoms with Gasteiger partial charge in [-0.1, -0.05) is 29.4 Å². The average molecular weight is 441 g/mol. The number of sulfone groups is 1. The molecule has 2 aromatic carbocycles. The Labute approximate surface area is 172 Å². The van der Waals surface area contributed by atoms with Crippen molar-refractivity contribution in [3.63, 3.8) is 0 Å². The molecule has 0 aliphatic carbocycles. The molecule has 2 atom stereocenters. The normalized spacial score (nSPS) is 22.6. The maximum Gasteiger partial charge on any atom is 0.164 e. The van der Waals surface area contributed by atoms with Gasteiger partial charge in [-0.05, 0) is 36.4 Å². The maximum absolute atomic E-state index is 14.4. The molecule has 1 saturated heterocycles. The molecule has 0 N–H and O–H groups in total. The van der Waals surface area contributed by atoms with Crippen molar-refractivity contribution in [3.8, 4) is 5.75 Å². The molecule has 9 heteroatoms. The maximum atomic E-state index is 14.4. The minimum absolute atomic E-state index is 0.0606.